The highest BCUT2D eigenvalue weighted by Gasteiger charge is 2.10. The van der Waals surface area contributed by atoms with Crippen molar-refractivity contribution in [1.82, 2.24) is 14.8 Å². The molecule has 0 fully saturated rings. The molecule has 0 bridgehead atoms. The topological polar surface area (TPSA) is 42.7 Å². The van der Waals surface area contributed by atoms with Gasteiger partial charge in [-0.15, -0.1) is 0 Å². The number of aromatic nitrogens is 3. The normalized spacial score (nSPS) is 12.5. The van der Waals surface area contributed by atoms with Gasteiger partial charge in [0.2, 0.25) is 0 Å². The standard InChI is InChI=1S/C15H16N4/c1-11(15-7-9-17-19(15)2)18-14-5-3-4-12-6-8-16-10-13(12)14/h3-11,18H,1-2H3. The Morgan fingerprint density at radius 3 is 2.84 bits per heavy atom. The smallest absolute Gasteiger partial charge is 0.0654 e. The number of hydrogen-bond acceptors (Lipinski definition) is 3. The quantitative estimate of drug-likeness (QED) is 0.778. The third-order valence-electron chi connectivity index (χ3n) is 3.36. The summed E-state index contributed by atoms with van der Waals surface area (Å²) in [6.45, 7) is 2.13. The van der Waals surface area contributed by atoms with Gasteiger partial charge in [-0.25, -0.2) is 0 Å². The summed E-state index contributed by atoms with van der Waals surface area (Å²) in [7, 11) is 1.96. The first kappa shape index (κ1) is 11.7. The molecule has 3 aromatic rings. The first-order valence-corrected chi connectivity index (χ1v) is 6.33. The van der Waals surface area contributed by atoms with Crippen molar-refractivity contribution in [2.24, 2.45) is 7.05 Å². The van der Waals surface area contributed by atoms with Crippen LogP contribution >= 0.6 is 0 Å². The van der Waals surface area contributed by atoms with Gasteiger partial charge in [0.25, 0.3) is 0 Å². The second kappa shape index (κ2) is 4.72. The molecule has 0 saturated heterocycles. The largest absolute Gasteiger partial charge is 0.376 e. The molecule has 4 nitrogen and oxygen atoms in total. The summed E-state index contributed by atoms with van der Waals surface area (Å²) in [5.74, 6) is 0. The number of fused-ring (bicyclic) bond motifs is 1. The van der Waals surface area contributed by atoms with Crippen molar-refractivity contribution in [3.63, 3.8) is 0 Å². The van der Waals surface area contributed by atoms with Gasteiger partial charge < -0.3 is 5.32 Å². The van der Waals surface area contributed by atoms with Crippen LogP contribution in [0, 0.1) is 0 Å². The van der Waals surface area contributed by atoms with Gasteiger partial charge >= 0.3 is 0 Å². The van der Waals surface area contributed by atoms with E-state index < -0.39 is 0 Å². The van der Waals surface area contributed by atoms with E-state index in [1.54, 1.807) is 0 Å². The predicted octanol–water partition coefficient (Wildman–Crippen LogP) is 3.14. The number of benzene rings is 1. The fraction of sp³-hybridized carbons (Fsp3) is 0.200. The molecule has 19 heavy (non-hydrogen) atoms. The SMILES string of the molecule is CC(Nc1cccc2ccncc12)c1ccnn1C. The molecule has 4 heteroatoms. The fourth-order valence-electron chi connectivity index (χ4n) is 2.36. The highest BCUT2D eigenvalue weighted by atomic mass is 15.3. The summed E-state index contributed by atoms with van der Waals surface area (Å²) < 4.78 is 1.89. The maximum atomic E-state index is 4.21. The fourth-order valence-corrected chi connectivity index (χ4v) is 2.36. The van der Waals surface area contributed by atoms with Crippen LogP contribution in [-0.2, 0) is 7.05 Å². The Bertz CT molecular complexity index is 697. The number of anilines is 1. The zero-order valence-electron chi connectivity index (χ0n) is 11.0. The maximum Gasteiger partial charge on any atom is 0.0654 e. The molecule has 0 radical (unpaired) electrons. The molecule has 1 atom stereocenters. The van der Waals surface area contributed by atoms with Crippen molar-refractivity contribution in [2.75, 3.05) is 5.32 Å². The molecule has 0 aliphatic rings. The summed E-state index contributed by atoms with van der Waals surface area (Å²) in [6.07, 6.45) is 5.53. The third kappa shape index (κ3) is 2.17. The van der Waals surface area contributed by atoms with Crippen molar-refractivity contribution < 1.29 is 0 Å². The number of nitrogens with one attached hydrogen (secondary N) is 1. The zero-order valence-corrected chi connectivity index (χ0v) is 11.0. The van der Waals surface area contributed by atoms with Crippen LogP contribution in [0.25, 0.3) is 10.8 Å². The lowest BCUT2D eigenvalue weighted by Gasteiger charge is -2.17. The first-order valence-electron chi connectivity index (χ1n) is 6.33. The Morgan fingerprint density at radius 1 is 1.16 bits per heavy atom. The summed E-state index contributed by atoms with van der Waals surface area (Å²) in [6, 6.07) is 10.5. The number of nitrogens with zero attached hydrogens (tertiary/aromatic N) is 3. The third-order valence-corrected chi connectivity index (χ3v) is 3.36. The molecule has 0 aliphatic heterocycles. The number of rotatable bonds is 3. The highest BCUT2D eigenvalue weighted by molar-refractivity contribution is 5.93. The summed E-state index contributed by atoms with van der Waals surface area (Å²) in [4.78, 5) is 4.20. The molecule has 0 saturated carbocycles. The lowest BCUT2D eigenvalue weighted by atomic mass is 10.1. The maximum absolute atomic E-state index is 4.21. The summed E-state index contributed by atoms with van der Waals surface area (Å²) >= 11 is 0. The minimum atomic E-state index is 0.193. The minimum absolute atomic E-state index is 0.193. The van der Waals surface area contributed by atoms with Crippen LogP contribution < -0.4 is 5.32 Å². The van der Waals surface area contributed by atoms with Gasteiger partial charge in [0.1, 0.15) is 0 Å². The molecule has 2 heterocycles. The zero-order chi connectivity index (χ0) is 13.2. The van der Waals surface area contributed by atoms with Crippen LogP contribution in [0.15, 0.2) is 48.9 Å². The summed E-state index contributed by atoms with van der Waals surface area (Å²) in [5.41, 5.74) is 2.25. The van der Waals surface area contributed by atoms with E-state index in [1.807, 2.05) is 42.5 Å². The number of hydrogen-bond donors (Lipinski definition) is 1. The van der Waals surface area contributed by atoms with Crippen LogP contribution in [0.2, 0.25) is 0 Å². The Labute approximate surface area is 112 Å². The van der Waals surface area contributed by atoms with E-state index in [9.17, 15) is 0 Å². The van der Waals surface area contributed by atoms with E-state index in [1.165, 1.54) is 5.39 Å². The van der Waals surface area contributed by atoms with Gasteiger partial charge in [0, 0.05) is 36.7 Å². The molecule has 1 aromatic carbocycles. The van der Waals surface area contributed by atoms with E-state index >= 15 is 0 Å². The van der Waals surface area contributed by atoms with Crippen molar-refractivity contribution in [3.8, 4) is 0 Å². The molecule has 3 rings (SSSR count). The van der Waals surface area contributed by atoms with Gasteiger partial charge in [0.05, 0.1) is 11.7 Å². The van der Waals surface area contributed by atoms with Gasteiger partial charge in [-0.1, -0.05) is 12.1 Å². The van der Waals surface area contributed by atoms with E-state index in [0.29, 0.717) is 0 Å². The molecular weight excluding hydrogens is 236 g/mol. The average molecular weight is 252 g/mol. The average Bonchev–Trinajstić information content (AvgIpc) is 2.85. The van der Waals surface area contributed by atoms with Gasteiger partial charge in [-0.05, 0) is 30.5 Å². The van der Waals surface area contributed by atoms with Crippen LogP contribution in [0.4, 0.5) is 5.69 Å². The lowest BCUT2D eigenvalue weighted by Crippen LogP contribution is -2.11. The monoisotopic (exact) mass is 252 g/mol. The first-order chi connectivity index (χ1) is 9.25. The highest BCUT2D eigenvalue weighted by Crippen LogP contribution is 2.26. The van der Waals surface area contributed by atoms with E-state index in [4.69, 9.17) is 0 Å². The van der Waals surface area contributed by atoms with E-state index in [2.05, 4.69) is 40.5 Å². The van der Waals surface area contributed by atoms with Crippen LogP contribution in [-0.4, -0.2) is 14.8 Å². The minimum Gasteiger partial charge on any atom is -0.376 e. The summed E-state index contributed by atoms with van der Waals surface area (Å²) in [5, 5.41) is 10.1. The van der Waals surface area contributed by atoms with Crippen LogP contribution in [0.3, 0.4) is 0 Å². The Balaban J connectivity index is 1.96. The number of pyridine rings is 1. The number of aryl methyl sites for hydroxylation is 1. The lowest BCUT2D eigenvalue weighted by molar-refractivity contribution is 0.676. The van der Waals surface area contributed by atoms with Crippen molar-refractivity contribution in [1.29, 1.82) is 0 Å². The molecule has 1 N–H and O–H groups in total. The van der Waals surface area contributed by atoms with Crippen LogP contribution in [0.1, 0.15) is 18.7 Å². The molecule has 96 valence electrons. The second-order valence-electron chi connectivity index (χ2n) is 4.65. The Kier molecular flexibility index (Phi) is 2.91. The Morgan fingerprint density at radius 2 is 2.05 bits per heavy atom. The molecule has 2 aromatic heterocycles. The van der Waals surface area contributed by atoms with Crippen molar-refractivity contribution in [3.05, 3.63) is 54.6 Å². The predicted molar refractivity (Wildman–Crippen MR) is 77.0 cm³/mol. The van der Waals surface area contributed by atoms with Crippen LogP contribution in [0.5, 0.6) is 0 Å². The van der Waals surface area contributed by atoms with E-state index in [0.717, 1.165) is 16.8 Å². The van der Waals surface area contributed by atoms with Crippen molar-refractivity contribution >= 4 is 16.5 Å². The van der Waals surface area contributed by atoms with E-state index in [-0.39, 0.29) is 6.04 Å². The molecule has 0 spiro atoms. The van der Waals surface area contributed by atoms with Gasteiger partial charge in [-0.2, -0.15) is 5.10 Å². The second-order valence-corrected chi connectivity index (χ2v) is 4.65. The molecule has 0 amide bonds. The molecule has 1 unspecified atom stereocenters. The molecule has 0 aliphatic carbocycles. The van der Waals surface area contributed by atoms with Gasteiger partial charge in [-0.3, -0.25) is 9.67 Å². The Hall–Kier alpha value is -2.36. The van der Waals surface area contributed by atoms with Crippen molar-refractivity contribution in [2.45, 2.75) is 13.0 Å². The van der Waals surface area contributed by atoms with Gasteiger partial charge in [0.15, 0.2) is 0 Å². The molecular formula is C15H16N4.